The van der Waals surface area contributed by atoms with Gasteiger partial charge in [-0.3, -0.25) is 0 Å². The summed E-state index contributed by atoms with van der Waals surface area (Å²) in [5.74, 6) is 0. The Kier molecular flexibility index (Phi) is 5.78. The van der Waals surface area contributed by atoms with Gasteiger partial charge in [0.15, 0.2) is 0 Å². The third-order valence-corrected chi connectivity index (χ3v) is 4.82. The van der Waals surface area contributed by atoms with Gasteiger partial charge in [-0.05, 0) is 50.5 Å². The molecule has 6 heteroatoms. The molecule has 1 aromatic rings. The fourth-order valence-electron chi connectivity index (χ4n) is 1.70. The maximum absolute atomic E-state index is 12.1. The standard InChI is InChI=1S/C12H18BrNO3S/c1-9-8-11(13)5-6-12(9)18(16,17)14-10(2)4-3-7-15/h5-6,8,10,14-15H,3-4,7H2,1-2H3/t10-/m0/s1. The lowest BCUT2D eigenvalue weighted by Crippen LogP contribution is -2.33. The number of hydrogen-bond donors (Lipinski definition) is 2. The van der Waals surface area contributed by atoms with Crippen LogP contribution in [0.2, 0.25) is 0 Å². The molecule has 0 heterocycles. The zero-order valence-corrected chi connectivity index (χ0v) is 12.9. The molecule has 0 radical (unpaired) electrons. The number of rotatable bonds is 6. The molecule has 0 saturated heterocycles. The molecule has 0 spiro atoms. The van der Waals surface area contributed by atoms with Gasteiger partial charge in [-0.1, -0.05) is 15.9 Å². The molecule has 0 aromatic heterocycles. The average Bonchev–Trinajstić information content (AvgIpc) is 2.25. The highest BCUT2D eigenvalue weighted by Gasteiger charge is 2.19. The van der Waals surface area contributed by atoms with Crippen molar-refractivity contribution in [2.24, 2.45) is 0 Å². The van der Waals surface area contributed by atoms with E-state index in [1.165, 1.54) is 0 Å². The second-order valence-corrected chi connectivity index (χ2v) is 6.90. The number of benzene rings is 1. The van der Waals surface area contributed by atoms with Crippen LogP contribution >= 0.6 is 15.9 Å². The highest BCUT2D eigenvalue weighted by Crippen LogP contribution is 2.20. The van der Waals surface area contributed by atoms with Gasteiger partial charge in [-0.2, -0.15) is 0 Å². The van der Waals surface area contributed by atoms with Crippen molar-refractivity contribution in [3.8, 4) is 0 Å². The Morgan fingerprint density at radius 3 is 2.67 bits per heavy atom. The van der Waals surface area contributed by atoms with Crippen LogP contribution in [0.15, 0.2) is 27.6 Å². The smallest absolute Gasteiger partial charge is 0.241 e. The summed E-state index contributed by atoms with van der Waals surface area (Å²) in [5.41, 5.74) is 0.700. The van der Waals surface area contributed by atoms with Crippen LogP contribution in [0.25, 0.3) is 0 Å². The van der Waals surface area contributed by atoms with Crippen molar-refractivity contribution >= 4 is 26.0 Å². The summed E-state index contributed by atoms with van der Waals surface area (Å²) >= 11 is 3.31. The second-order valence-electron chi connectivity index (χ2n) is 4.30. The lowest BCUT2D eigenvalue weighted by molar-refractivity contribution is 0.279. The van der Waals surface area contributed by atoms with Gasteiger partial charge in [0.2, 0.25) is 10.0 Å². The quantitative estimate of drug-likeness (QED) is 0.837. The van der Waals surface area contributed by atoms with E-state index in [1.54, 1.807) is 32.0 Å². The monoisotopic (exact) mass is 335 g/mol. The Balaban J connectivity index is 2.86. The number of nitrogens with one attached hydrogen (secondary N) is 1. The SMILES string of the molecule is Cc1cc(Br)ccc1S(=O)(=O)N[C@@H](C)CCCO. The van der Waals surface area contributed by atoms with Crippen molar-refractivity contribution in [1.82, 2.24) is 4.72 Å². The number of sulfonamides is 1. The van der Waals surface area contributed by atoms with Crippen LogP contribution in [0, 0.1) is 6.92 Å². The van der Waals surface area contributed by atoms with Gasteiger partial charge in [0.1, 0.15) is 0 Å². The predicted octanol–water partition coefficient (Wildman–Crippen LogP) is 2.20. The van der Waals surface area contributed by atoms with Crippen LogP contribution in [-0.4, -0.2) is 26.2 Å². The largest absolute Gasteiger partial charge is 0.396 e. The predicted molar refractivity (Wildman–Crippen MR) is 75.0 cm³/mol. The van der Waals surface area contributed by atoms with Gasteiger partial charge >= 0.3 is 0 Å². The molecule has 1 rings (SSSR count). The first-order chi connectivity index (χ1) is 8.36. The van der Waals surface area contributed by atoms with Gasteiger partial charge in [-0.15, -0.1) is 0 Å². The molecule has 1 atom stereocenters. The first kappa shape index (κ1) is 15.6. The number of aliphatic hydroxyl groups excluding tert-OH is 1. The second kappa shape index (κ2) is 6.65. The Hall–Kier alpha value is -0.430. The van der Waals surface area contributed by atoms with Crippen LogP contribution in [0.4, 0.5) is 0 Å². The lowest BCUT2D eigenvalue weighted by Gasteiger charge is -2.15. The van der Waals surface area contributed by atoms with E-state index in [-0.39, 0.29) is 12.6 Å². The van der Waals surface area contributed by atoms with Gasteiger partial charge in [0, 0.05) is 17.1 Å². The van der Waals surface area contributed by atoms with E-state index in [0.717, 1.165) is 4.47 Å². The van der Waals surface area contributed by atoms with E-state index >= 15 is 0 Å². The third-order valence-electron chi connectivity index (χ3n) is 2.58. The first-order valence-corrected chi connectivity index (χ1v) is 8.04. The summed E-state index contributed by atoms with van der Waals surface area (Å²) in [5, 5.41) is 8.72. The van der Waals surface area contributed by atoms with Crippen LogP contribution in [0.1, 0.15) is 25.3 Å². The van der Waals surface area contributed by atoms with Gasteiger partial charge in [-0.25, -0.2) is 13.1 Å². The number of hydrogen-bond acceptors (Lipinski definition) is 3. The topological polar surface area (TPSA) is 66.4 Å². The molecule has 0 aliphatic carbocycles. The summed E-state index contributed by atoms with van der Waals surface area (Å²) in [6.07, 6.45) is 1.20. The molecular formula is C12H18BrNO3S. The Bertz CT molecular complexity index is 502. The van der Waals surface area contributed by atoms with Crippen LogP contribution in [-0.2, 0) is 10.0 Å². The van der Waals surface area contributed by atoms with E-state index in [9.17, 15) is 8.42 Å². The van der Waals surface area contributed by atoms with Crippen molar-refractivity contribution in [3.63, 3.8) is 0 Å². The molecule has 0 bridgehead atoms. The van der Waals surface area contributed by atoms with Crippen molar-refractivity contribution in [3.05, 3.63) is 28.2 Å². The highest BCUT2D eigenvalue weighted by atomic mass is 79.9. The Labute approximate surface area is 117 Å². The fourth-order valence-corrected chi connectivity index (χ4v) is 3.68. The first-order valence-electron chi connectivity index (χ1n) is 5.76. The van der Waals surface area contributed by atoms with E-state index in [0.29, 0.717) is 23.3 Å². The molecule has 0 unspecified atom stereocenters. The van der Waals surface area contributed by atoms with Crippen molar-refractivity contribution in [2.75, 3.05) is 6.61 Å². The third kappa shape index (κ3) is 4.35. The minimum Gasteiger partial charge on any atom is -0.396 e. The van der Waals surface area contributed by atoms with E-state index in [1.807, 2.05) is 0 Å². The molecule has 0 saturated carbocycles. The normalized spacial score (nSPS) is 13.6. The van der Waals surface area contributed by atoms with Crippen LogP contribution in [0.5, 0.6) is 0 Å². The fraction of sp³-hybridized carbons (Fsp3) is 0.500. The molecular weight excluding hydrogens is 318 g/mol. The molecule has 1 aromatic carbocycles. The molecule has 102 valence electrons. The van der Waals surface area contributed by atoms with Gasteiger partial charge in [0.05, 0.1) is 4.90 Å². The maximum atomic E-state index is 12.1. The highest BCUT2D eigenvalue weighted by molar-refractivity contribution is 9.10. The summed E-state index contributed by atoms with van der Waals surface area (Å²) in [7, 11) is -3.49. The van der Waals surface area contributed by atoms with Gasteiger partial charge in [0.25, 0.3) is 0 Å². The maximum Gasteiger partial charge on any atom is 0.241 e. The minimum absolute atomic E-state index is 0.0728. The lowest BCUT2D eigenvalue weighted by atomic mass is 10.2. The van der Waals surface area contributed by atoms with Crippen LogP contribution < -0.4 is 4.72 Å². The summed E-state index contributed by atoms with van der Waals surface area (Å²) in [4.78, 5) is 0.293. The minimum atomic E-state index is -3.49. The van der Waals surface area contributed by atoms with Crippen LogP contribution in [0.3, 0.4) is 0 Å². The Morgan fingerprint density at radius 2 is 2.11 bits per heavy atom. The average molecular weight is 336 g/mol. The van der Waals surface area contributed by atoms with E-state index in [2.05, 4.69) is 20.7 Å². The number of halogens is 1. The number of aryl methyl sites for hydroxylation is 1. The molecule has 18 heavy (non-hydrogen) atoms. The van der Waals surface area contributed by atoms with E-state index < -0.39 is 10.0 Å². The van der Waals surface area contributed by atoms with Gasteiger partial charge < -0.3 is 5.11 Å². The zero-order chi connectivity index (χ0) is 13.8. The van der Waals surface area contributed by atoms with Crippen molar-refractivity contribution < 1.29 is 13.5 Å². The van der Waals surface area contributed by atoms with Crippen molar-refractivity contribution in [2.45, 2.75) is 37.6 Å². The Morgan fingerprint density at radius 1 is 1.44 bits per heavy atom. The summed E-state index contributed by atoms with van der Waals surface area (Å²) < 4.78 is 27.8. The summed E-state index contributed by atoms with van der Waals surface area (Å²) in [6, 6.07) is 4.87. The molecule has 4 nitrogen and oxygen atoms in total. The van der Waals surface area contributed by atoms with E-state index in [4.69, 9.17) is 5.11 Å². The number of aliphatic hydroxyl groups is 1. The molecule has 0 fully saturated rings. The summed E-state index contributed by atoms with van der Waals surface area (Å²) in [6.45, 7) is 3.63. The zero-order valence-electron chi connectivity index (χ0n) is 10.5. The molecule has 0 aliphatic rings. The van der Waals surface area contributed by atoms with Crippen molar-refractivity contribution in [1.29, 1.82) is 0 Å². The molecule has 2 N–H and O–H groups in total. The molecule has 0 amide bonds. The molecule has 0 aliphatic heterocycles.